The second kappa shape index (κ2) is 3.75. The van der Waals surface area contributed by atoms with Gasteiger partial charge < -0.3 is 4.74 Å². The quantitative estimate of drug-likeness (QED) is 0.662. The summed E-state index contributed by atoms with van der Waals surface area (Å²) in [6.07, 6.45) is 3.48. The van der Waals surface area contributed by atoms with Gasteiger partial charge >= 0.3 is 5.97 Å². The molecule has 0 spiro atoms. The van der Waals surface area contributed by atoms with Crippen LogP contribution in [0.25, 0.3) is 0 Å². The predicted octanol–water partition coefficient (Wildman–Crippen LogP) is 0.272. The number of nitrogens with zero attached hydrogens (tertiary/aromatic N) is 1. The number of carbonyl (C=O) groups excluding carboxylic acids is 1. The van der Waals surface area contributed by atoms with Crippen molar-refractivity contribution in [1.82, 2.24) is 4.98 Å². The highest BCUT2D eigenvalue weighted by Gasteiger charge is 2.12. The van der Waals surface area contributed by atoms with Crippen molar-refractivity contribution in [3.63, 3.8) is 0 Å². The van der Waals surface area contributed by atoms with Crippen molar-refractivity contribution >= 4 is 15.8 Å². The smallest absolute Gasteiger partial charge is 0.339 e. The van der Waals surface area contributed by atoms with E-state index in [1.807, 2.05) is 0 Å². The molecule has 0 bridgehead atoms. The van der Waals surface area contributed by atoms with Gasteiger partial charge in [-0.2, -0.15) is 0 Å². The van der Waals surface area contributed by atoms with E-state index in [0.717, 1.165) is 6.26 Å². The minimum atomic E-state index is -3.34. The molecule has 0 atom stereocenters. The van der Waals surface area contributed by atoms with E-state index in [0.29, 0.717) is 0 Å². The van der Waals surface area contributed by atoms with Gasteiger partial charge in [0.25, 0.3) is 0 Å². The molecule has 0 unspecified atom stereocenters. The Morgan fingerprint density at radius 1 is 1.43 bits per heavy atom. The van der Waals surface area contributed by atoms with Crippen LogP contribution < -0.4 is 0 Å². The third-order valence-electron chi connectivity index (χ3n) is 1.56. The van der Waals surface area contributed by atoms with Gasteiger partial charge in [0.2, 0.25) is 0 Å². The summed E-state index contributed by atoms with van der Waals surface area (Å²) in [7, 11) is -2.12. The lowest BCUT2D eigenvalue weighted by atomic mass is 10.3. The molecule has 0 N–H and O–H groups in total. The highest BCUT2D eigenvalue weighted by Crippen LogP contribution is 2.09. The highest BCUT2D eigenvalue weighted by atomic mass is 32.2. The number of ether oxygens (including phenoxy) is 1. The second-order valence-corrected chi connectivity index (χ2v) is 4.69. The van der Waals surface area contributed by atoms with Crippen molar-refractivity contribution in [3.05, 3.63) is 24.0 Å². The number of pyridine rings is 1. The average Bonchev–Trinajstić information content (AvgIpc) is 2.15. The summed E-state index contributed by atoms with van der Waals surface area (Å²) in [5, 5.41) is 0. The van der Waals surface area contributed by atoms with Crippen LogP contribution in [0.3, 0.4) is 0 Å². The fourth-order valence-corrected chi connectivity index (χ4v) is 1.44. The normalized spacial score (nSPS) is 11.0. The van der Waals surface area contributed by atoms with Gasteiger partial charge in [-0.3, -0.25) is 4.98 Å². The molecule has 0 saturated heterocycles. The topological polar surface area (TPSA) is 73.3 Å². The lowest BCUT2D eigenvalue weighted by Gasteiger charge is -2.00. The van der Waals surface area contributed by atoms with Gasteiger partial charge in [0.15, 0.2) is 9.84 Å². The zero-order valence-corrected chi connectivity index (χ0v) is 8.54. The minimum absolute atomic E-state index is 0.000370. The molecule has 0 aromatic carbocycles. The number of rotatable bonds is 2. The van der Waals surface area contributed by atoms with Crippen molar-refractivity contribution in [2.24, 2.45) is 0 Å². The first-order valence-electron chi connectivity index (χ1n) is 3.68. The van der Waals surface area contributed by atoms with Crippen molar-refractivity contribution in [2.75, 3.05) is 13.4 Å². The molecule has 5 nitrogen and oxygen atoms in total. The van der Waals surface area contributed by atoms with Gasteiger partial charge in [0.1, 0.15) is 0 Å². The van der Waals surface area contributed by atoms with E-state index in [1.165, 1.54) is 25.6 Å². The van der Waals surface area contributed by atoms with Crippen molar-refractivity contribution in [3.8, 4) is 0 Å². The van der Waals surface area contributed by atoms with Crippen molar-refractivity contribution < 1.29 is 17.9 Å². The number of hydrogen-bond acceptors (Lipinski definition) is 5. The summed E-state index contributed by atoms with van der Waals surface area (Å²) in [5.74, 6) is -0.608. The summed E-state index contributed by atoms with van der Waals surface area (Å²) in [6, 6.07) is 1.23. The van der Waals surface area contributed by atoms with Crippen LogP contribution in [0.15, 0.2) is 23.4 Å². The second-order valence-electron chi connectivity index (χ2n) is 2.67. The Labute approximate surface area is 81.6 Å². The number of aromatic nitrogens is 1. The maximum absolute atomic E-state index is 11.1. The molecule has 14 heavy (non-hydrogen) atoms. The van der Waals surface area contributed by atoms with Crippen LogP contribution in [-0.2, 0) is 14.6 Å². The molecule has 1 heterocycles. The molecular formula is C8H9NO4S. The van der Waals surface area contributed by atoms with Crippen LogP contribution in [0.5, 0.6) is 0 Å². The first-order chi connectivity index (χ1) is 6.45. The monoisotopic (exact) mass is 215 g/mol. The fourth-order valence-electron chi connectivity index (χ4n) is 0.851. The molecule has 1 rings (SSSR count). The maximum Gasteiger partial charge on any atom is 0.339 e. The molecule has 6 heteroatoms. The van der Waals surface area contributed by atoms with Gasteiger partial charge in [0.05, 0.1) is 17.6 Å². The summed E-state index contributed by atoms with van der Waals surface area (Å²) >= 11 is 0. The predicted molar refractivity (Wildman–Crippen MR) is 48.7 cm³/mol. The van der Waals surface area contributed by atoms with Crippen LogP contribution >= 0.6 is 0 Å². The van der Waals surface area contributed by atoms with Crippen LogP contribution in [0.2, 0.25) is 0 Å². The third kappa shape index (κ3) is 2.29. The maximum atomic E-state index is 11.1. The molecule has 76 valence electrons. The Morgan fingerprint density at radius 3 is 2.57 bits per heavy atom. The molecule has 0 fully saturated rings. The number of carbonyl (C=O) groups is 1. The zero-order valence-electron chi connectivity index (χ0n) is 7.72. The van der Waals surface area contributed by atoms with Crippen LogP contribution in [0.1, 0.15) is 10.4 Å². The summed E-state index contributed by atoms with van der Waals surface area (Å²) in [6.45, 7) is 0. The first kappa shape index (κ1) is 10.6. The van der Waals surface area contributed by atoms with E-state index in [4.69, 9.17) is 0 Å². The van der Waals surface area contributed by atoms with Crippen LogP contribution in [0.4, 0.5) is 0 Å². The van der Waals surface area contributed by atoms with E-state index >= 15 is 0 Å². The largest absolute Gasteiger partial charge is 0.465 e. The standard InChI is InChI=1S/C8H9NO4S/c1-13-8(10)6-3-7(5-9-4-6)14(2,11)12/h3-5H,1-2H3. The van der Waals surface area contributed by atoms with Crippen LogP contribution in [0, 0.1) is 0 Å². The zero-order chi connectivity index (χ0) is 10.8. The Bertz CT molecular complexity index is 452. The molecule has 0 saturated carbocycles. The molecule has 1 aromatic heterocycles. The lowest BCUT2D eigenvalue weighted by molar-refractivity contribution is 0.0600. The highest BCUT2D eigenvalue weighted by molar-refractivity contribution is 7.90. The summed E-state index contributed by atoms with van der Waals surface area (Å²) in [4.78, 5) is 14.7. The van der Waals surface area contributed by atoms with E-state index in [9.17, 15) is 13.2 Å². The molecule has 0 amide bonds. The third-order valence-corrected chi connectivity index (χ3v) is 2.64. The van der Waals surface area contributed by atoms with Gasteiger partial charge in [-0.25, -0.2) is 13.2 Å². The van der Waals surface area contributed by atoms with E-state index in [2.05, 4.69) is 9.72 Å². The Hall–Kier alpha value is -1.43. The first-order valence-corrected chi connectivity index (χ1v) is 5.57. The minimum Gasteiger partial charge on any atom is -0.465 e. The summed E-state index contributed by atoms with van der Waals surface area (Å²) < 4.78 is 26.6. The average molecular weight is 215 g/mol. The van der Waals surface area contributed by atoms with Crippen LogP contribution in [-0.4, -0.2) is 32.7 Å². The molecular weight excluding hydrogens is 206 g/mol. The van der Waals surface area contributed by atoms with Gasteiger partial charge in [-0.15, -0.1) is 0 Å². The molecule has 1 aromatic rings. The Morgan fingerprint density at radius 2 is 2.07 bits per heavy atom. The lowest BCUT2D eigenvalue weighted by Crippen LogP contribution is -2.05. The van der Waals surface area contributed by atoms with E-state index in [-0.39, 0.29) is 10.5 Å². The summed E-state index contributed by atoms with van der Waals surface area (Å²) in [5.41, 5.74) is 0.121. The van der Waals surface area contributed by atoms with Crippen molar-refractivity contribution in [2.45, 2.75) is 4.90 Å². The fraction of sp³-hybridized carbons (Fsp3) is 0.250. The molecule has 0 aliphatic carbocycles. The number of sulfone groups is 1. The number of hydrogen-bond donors (Lipinski definition) is 0. The van der Waals surface area contributed by atoms with Gasteiger partial charge in [-0.05, 0) is 6.07 Å². The van der Waals surface area contributed by atoms with Crippen molar-refractivity contribution in [1.29, 1.82) is 0 Å². The van der Waals surface area contributed by atoms with E-state index < -0.39 is 15.8 Å². The van der Waals surface area contributed by atoms with Gasteiger partial charge in [-0.1, -0.05) is 0 Å². The molecule has 0 aliphatic heterocycles. The molecule has 0 radical (unpaired) electrons. The van der Waals surface area contributed by atoms with Gasteiger partial charge in [0, 0.05) is 18.6 Å². The number of methoxy groups -OCH3 is 1. The van der Waals surface area contributed by atoms with E-state index in [1.54, 1.807) is 0 Å². The number of esters is 1. The Balaban J connectivity index is 3.21. The SMILES string of the molecule is COC(=O)c1cncc(S(C)(=O)=O)c1. The Kier molecular flexibility index (Phi) is 2.85. The molecule has 0 aliphatic rings.